The van der Waals surface area contributed by atoms with Gasteiger partial charge in [0.2, 0.25) is 5.95 Å². The molecule has 1 aromatic heterocycles. The second-order valence-electron chi connectivity index (χ2n) is 4.45. The van der Waals surface area contributed by atoms with Gasteiger partial charge in [-0.05, 0) is 26.2 Å². The van der Waals surface area contributed by atoms with E-state index in [1.165, 1.54) is 19.3 Å². The largest absolute Gasteiger partial charge is 0.395 e. The van der Waals surface area contributed by atoms with Crippen molar-refractivity contribution >= 4 is 11.8 Å². The Bertz CT molecular complexity index is 379. The number of rotatable bonds is 5. The smallest absolute Gasteiger partial charge is 0.224 e. The van der Waals surface area contributed by atoms with Gasteiger partial charge in [-0.25, -0.2) is 4.98 Å². The number of aliphatic hydroxyl groups is 1. The van der Waals surface area contributed by atoms with Gasteiger partial charge < -0.3 is 15.3 Å². The molecule has 0 aromatic carbocycles. The number of hydrogen-bond acceptors (Lipinski definition) is 5. The van der Waals surface area contributed by atoms with Crippen LogP contribution in [-0.4, -0.2) is 41.3 Å². The van der Waals surface area contributed by atoms with Crippen LogP contribution in [0.5, 0.6) is 0 Å². The van der Waals surface area contributed by atoms with Crippen molar-refractivity contribution < 1.29 is 5.11 Å². The molecule has 0 atom stereocenters. The van der Waals surface area contributed by atoms with E-state index in [0.29, 0.717) is 18.5 Å². The quantitative estimate of drug-likeness (QED) is 0.804. The first-order chi connectivity index (χ1) is 8.26. The molecule has 0 aliphatic heterocycles. The van der Waals surface area contributed by atoms with Crippen LogP contribution in [0.25, 0.3) is 0 Å². The molecule has 1 aliphatic carbocycles. The van der Waals surface area contributed by atoms with E-state index in [9.17, 15) is 5.11 Å². The second kappa shape index (κ2) is 5.31. The molecule has 5 nitrogen and oxygen atoms in total. The van der Waals surface area contributed by atoms with Crippen LogP contribution in [0.4, 0.5) is 11.8 Å². The predicted molar refractivity (Wildman–Crippen MR) is 68.4 cm³/mol. The number of aryl methyl sites for hydroxylation is 1. The Hall–Kier alpha value is -1.36. The molecule has 5 heteroatoms. The Labute approximate surface area is 102 Å². The Kier molecular flexibility index (Phi) is 3.78. The lowest BCUT2D eigenvalue weighted by Gasteiger charge is -2.38. The maximum Gasteiger partial charge on any atom is 0.224 e. The number of aromatic nitrogens is 2. The SMILES string of the molecule is CNc1ncc(C)c(N(CCO)C2CCC2)n1. The zero-order chi connectivity index (χ0) is 12.3. The van der Waals surface area contributed by atoms with E-state index < -0.39 is 0 Å². The summed E-state index contributed by atoms with van der Waals surface area (Å²) in [6.45, 7) is 2.82. The van der Waals surface area contributed by atoms with E-state index in [1.807, 2.05) is 20.2 Å². The Morgan fingerprint density at radius 1 is 1.53 bits per heavy atom. The predicted octanol–water partition coefficient (Wildman–Crippen LogP) is 1.18. The third-order valence-electron chi connectivity index (χ3n) is 3.30. The van der Waals surface area contributed by atoms with Gasteiger partial charge in [-0.2, -0.15) is 4.98 Å². The van der Waals surface area contributed by atoms with Crippen LogP contribution in [-0.2, 0) is 0 Å². The summed E-state index contributed by atoms with van der Waals surface area (Å²) in [6, 6.07) is 0.528. The van der Waals surface area contributed by atoms with Gasteiger partial charge >= 0.3 is 0 Å². The third kappa shape index (κ3) is 2.49. The van der Waals surface area contributed by atoms with Crippen molar-refractivity contribution in [2.45, 2.75) is 32.2 Å². The topological polar surface area (TPSA) is 61.3 Å². The van der Waals surface area contributed by atoms with Gasteiger partial charge in [0.15, 0.2) is 0 Å². The van der Waals surface area contributed by atoms with Crippen molar-refractivity contribution in [1.82, 2.24) is 9.97 Å². The summed E-state index contributed by atoms with van der Waals surface area (Å²) < 4.78 is 0. The standard InChI is InChI=1S/C12H20N4O/c1-9-8-14-12(13-2)15-11(9)16(6-7-17)10-4-3-5-10/h8,10,17H,3-7H2,1-2H3,(H,13,14,15). The van der Waals surface area contributed by atoms with Crippen LogP contribution in [0.2, 0.25) is 0 Å². The molecule has 0 radical (unpaired) electrons. The minimum absolute atomic E-state index is 0.162. The van der Waals surface area contributed by atoms with Gasteiger partial charge in [0, 0.05) is 31.4 Å². The van der Waals surface area contributed by atoms with Gasteiger partial charge in [0.1, 0.15) is 5.82 Å². The van der Waals surface area contributed by atoms with E-state index in [4.69, 9.17) is 0 Å². The van der Waals surface area contributed by atoms with Gasteiger partial charge in [0.25, 0.3) is 0 Å². The highest BCUT2D eigenvalue weighted by Crippen LogP contribution is 2.30. The third-order valence-corrected chi connectivity index (χ3v) is 3.30. The van der Waals surface area contributed by atoms with E-state index in [1.54, 1.807) is 0 Å². The Balaban J connectivity index is 2.26. The average Bonchev–Trinajstić information content (AvgIpc) is 2.27. The minimum atomic E-state index is 0.162. The number of hydrogen-bond donors (Lipinski definition) is 2. The number of aliphatic hydroxyl groups excluding tert-OH is 1. The number of anilines is 2. The zero-order valence-electron chi connectivity index (χ0n) is 10.5. The molecule has 1 fully saturated rings. The fourth-order valence-corrected chi connectivity index (χ4v) is 2.11. The van der Waals surface area contributed by atoms with Gasteiger partial charge in [-0.1, -0.05) is 0 Å². The fourth-order valence-electron chi connectivity index (χ4n) is 2.11. The van der Waals surface area contributed by atoms with E-state index in [0.717, 1.165) is 11.4 Å². The van der Waals surface area contributed by atoms with Crippen molar-refractivity contribution in [3.8, 4) is 0 Å². The van der Waals surface area contributed by atoms with E-state index in [-0.39, 0.29) is 6.61 Å². The maximum absolute atomic E-state index is 9.18. The molecule has 2 N–H and O–H groups in total. The normalized spacial score (nSPS) is 15.5. The van der Waals surface area contributed by atoms with E-state index >= 15 is 0 Å². The summed E-state index contributed by atoms with van der Waals surface area (Å²) in [5, 5.41) is 12.1. The summed E-state index contributed by atoms with van der Waals surface area (Å²) in [6.07, 6.45) is 5.49. The summed E-state index contributed by atoms with van der Waals surface area (Å²) in [4.78, 5) is 10.9. The van der Waals surface area contributed by atoms with Crippen molar-refractivity contribution in [3.63, 3.8) is 0 Å². The molecule has 17 heavy (non-hydrogen) atoms. The first kappa shape index (κ1) is 12.1. The van der Waals surface area contributed by atoms with Crippen LogP contribution in [0.3, 0.4) is 0 Å². The fraction of sp³-hybridized carbons (Fsp3) is 0.667. The minimum Gasteiger partial charge on any atom is -0.395 e. The molecule has 1 saturated carbocycles. The molecule has 0 bridgehead atoms. The lowest BCUT2D eigenvalue weighted by molar-refractivity contribution is 0.283. The molecule has 1 heterocycles. The lowest BCUT2D eigenvalue weighted by Crippen LogP contribution is -2.42. The van der Waals surface area contributed by atoms with Gasteiger partial charge in [0.05, 0.1) is 6.61 Å². The van der Waals surface area contributed by atoms with Crippen molar-refractivity contribution in [2.24, 2.45) is 0 Å². The zero-order valence-corrected chi connectivity index (χ0v) is 10.5. The number of nitrogens with zero attached hydrogens (tertiary/aromatic N) is 3. The molecule has 0 unspecified atom stereocenters. The molecular weight excluding hydrogens is 216 g/mol. The molecule has 1 aliphatic rings. The molecule has 2 rings (SSSR count). The van der Waals surface area contributed by atoms with Crippen LogP contribution >= 0.6 is 0 Å². The van der Waals surface area contributed by atoms with Crippen LogP contribution in [0.15, 0.2) is 6.20 Å². The maximum atomic E-state index is 9.18. The lowest BCUT2D eigenvalue weighted by atomic mass is 9.91. The van der Waals surface area contributed by atoms with Crippen LogP contribution in [0.1, 0.15) is 24.8 Å². The van der Waals surface area contributed by atoms with Crippen LogP contribution < -0.4 is 10.2 Å². The Morgan fingerprint density at radius 2 is 2.29 bits per heavy atom. The van der Waals surface area contributed by atoms with Gasteiger partial charge in [-0.15, -0.1) is 0 Å². The molecule has 0 amide bonds. The molecule has 0 saturated heterocycles. The molecule has 1 aromatic rings. The molecule has 0 spiro atoms. The second-order valence-corrected chi connectivity index (χ2v) is 4.45. The highest BCUT2D eigenvalue weighted by Gasteiger charge is 2.26. The van der Waals surface area contributed by atoms with Gasteiger partial charge in [-0.3, -0.25) is 0 Å². The monoisotopic (exact) mass is 236 g/mol. The van der Waals surface area contributed by atoms with Crippen molar-refractivity contribution in [1.29, 1.82) is 0 Å². The summed E-state index contributed by atoms with van der Waals surface area (Å²) >= 11 is 0. The molecule has 94 valence electrons. The first-order valence-electron chi connectivity index (χ1n) is 6.15. The van der Waals surface area contributed by atoms with E-state index in [2.05, 4.69) is 20.2 Å². The van der Waals surface area contributed by atoms with Crippen LogP contribution in [0, 0.1) is 6.92 Å². The number of nitrogens with one attached hydrogen (secondary N) is 1. The average molecular weight is 236 g/mol. The Morgan fingerprint density at radius 3 is 2.82 bits per heavy atom. The highest BCUT2D eigenvalue weighted by atomic mass is 16.3. The highest BCUT2D eigenvalue weighted by molar-refractivity contribution is 5.50. The van der Waals surface area contributed by atoms with Crippen molar-refractivity contribution in [2.75, 3.05) is 30.4 Å². The molecular formula is C12H20N4O. The van der Waals surface area contributed by atoms with Crippen molar-refractivity contribution in [3.05, 3.63) is 11.8 Å². The first-order valence-corrected chi connectivity index (χ1v) is 6.15. The summed E-state index contributed by atoms with van der Waals surface area (Å²) in [7, 11) is 1.81. The summed E-state index contributed by atoms with van der Waals surface area (Å²) in [5.41, 5.74) is 1.06. The summed E-state index contributed by atoms with van der Waals surface area (Å²) in [5.74, 6) is 1.58.